The van der Waals surface area contributed by atoms with Gasteiger partial charge in [0.2, 0.25) is 5.91 Å². The molecule has 3 rings (SSSR count). The van der Waals surface area contributed by atoms with Gasteiger partial charge in [-0.3, -0.25) is 9.69 Å². The fourth-order valence-corrected chi connectivity index (χ4v) is 3.34. The molecule has 2 amide bonds. The number of hydrogen-bond acceptors (Lipinski definition) is 7. The van der Waals surface area contributed by atoms with E-state index in [9.17, 15) is 9.59 Å². The summed E-state index contributed by atoms with van der Waals surface area (Å²) in [6.07, 6.45) is 2.30. The Morgan fingerprint density at radius 2 is 2.00 bits per heavy atom. The molecule has 1 fully saturated rings. The summed E-state index contributed by atoms with van der Waals surface area (Å²) in [6.45, 7) is 5.89. The number of anilines is 2. The van der Waals surface area contributed by atoms with Gasteiger partial charge in [-0.1, -0.05) is 0 Å². The molecule has 1 aromatic carbocycles. The largest absolute Gasteiger partial charge is 0.494 e. The normalized spacial score (nSPS) is 16.6. The summed E-state index contributed by atoms with van der Waals surface area (Å²) in [5.41, 5.74) is 0.564. The standard InChI is InChI=1S/C20H27N5O4/c1-20(2,3)29-19(27)25-8-6-7-15(25)18(26)24-14-9-12-13(10-16(14)28-5)22-11-23-17(12)21-4/h9-11,15H,6-8H2,1-5H3,(H,24,26)(H,21,22,23)/t15-/m0/s1. The SMILES string of the molecule is CNc1ncnc2cc(OC)c(NC(=O)[C@@H]3CCCN3C(=O)OC(C)(C)C)cc12. The molecule has 0 saturated carbocycles. The van der Waals surface area contributed by atoms with Crippen molar-refractivity contribution in [3.63, 3.8) is 0 Å². The topological polar surface area (TPSA) is 106 Å². The molecule has 0 spiro atoms. The lowest BCUT2D eigenvalue weighted by Crippen LogP contribution is -2.45. The van der Waals surface area contributed by atoms with Gasteiger partial charge in [0, 0.05) is 25.0 Å². The van der Waals surface area contributed by atoms with E-state index in [0.29, 0.717) is 35.7 Å². The third-order valence-corrected chi connectivity index (χ3v) is 4.63. The molecule has 0 radical (unpaired) electrons. The van der Waals surface area contributed by atoms with Crippen molar-refractivity contribution in [3.8, 4) is 5.75 Å². The van der Waals surface area contributed by atoms with Gasteiger partial charge in [-0.2, -0.15) is 0 Å². The predicted molar refractivity (Wildman–Crippen MR) is 110 cm³/mol. The van der Waals surface area contributed by atoms with E-state index in [2.05, 4.69) is 20.6 Å². The second kappa shape index (κ2) is 8.10. The van der Waals surface area contributed by atoms with Crippen LogP contribution >= 0.6 is 0 Å². The van der Waals surface area contributed by atoms with Crippen molar-refractivity contribution in [2.75, 3.05) is 31.3 Å². The van der Waals surface area contributed by atoms with Crippen molar-refractivity contribution in [3.05, 3.63) is 18.5 Å². The molecule has 1 atom stereocenters. The number of amides is 2. The predicted octanol–water partition coefficient (Wildman–Crippen LogP) is 3.02. The molecule has 0 unspecified atom stereocenters. The minimum atomic E-state index is -0.619. The Bertz CT molecular complexity index is 925. The van der Waals surface area contributed by atoms with Gasteiger partial charge in [0.05, 0.1) is 18.3 Å². The van der Waals surface area contributed by atoms with Gasteiger partial charge in [0.1, 0.15) is 29.5 Å². The fourth-order valence-electron chi connectivity index (χ4n) is 3.34. The molecule has 1 aliphatic rings. The Hall–Kier alpha value is -3.10. The van der Waals surface area contributed by atoms with E-state index >= 15 is 0 Å². The number of nitrogens with one attached hydrogen (secondary N) is 2. The van der Waals surface area contributed by atoms with Crippen LogP contribution in [0.3, 0.4) is 0 Å². The van der Waals surface area contributed by atoms with Gasteiger partial charge in [-0.25, -0.2) is 14.8 Å². The van der Waals surface area contributed by atoms with E-state index in [1.54, 1.807) is 40.0 Å². The number of likely N-dealkylation sites (tertiary alicyclic amines) is 1. The zero-order valence-electron chi connectivity index (χ0n) is 17.4. The van der Waals surface area contributed by atoms with E-state index in [4.69, 9.17) is 9.47 Å². The highest BCUT2D eigenvalue weighted by Gasteiger charge is 2.36. The zero-order valence-corrected chi connectivity index (χ0v) is 17.4. The van der Waals surface area contributed by atoms with E-state index in [0.717, 1.165) is 11.8 Å². The van der Waals surface area contributed by atoms with Crippen LogP contribution in [0.1, 0.15) is 33.6 Å². The summed E-state index contributed by atoms with van der Waals surface area (Å²) in [5, 5.41) is 6.66. The van der Waals surface area contributed by atoms with Gasteiger partial charge >= 0.3 is 6.09 Å². The number of nitrogens with zero attached hydrogens (tertiary/aromatic N) is 3. The molecule has 0 aliphatic carbocycles. The number of fused-ring (bicyclic) bond motifs is 1. The summed E-state index contributed by atoms with van der Waals surface area (Å²) in [4.78, 5) is 35.4. The number of rotatable bonds is 4. The summed E-state index contributed by atoms with van der Waals surface area (Å²) in [6, 6.07) is 2.92. The van der Waals surface area contributed by atoms with Crippen LogP contribution in [-0.4, -0.2) is 59.2 Å². The van der Waals surface area contributed by atoms with Crippen LogP contribution in [0.2, 0.25) is 0 Å². The van der Waals surface area contributed by atoms with Gasteiger partial charge in [0.25, 0.3) is 0 Å². The fraction of sp³-hybridized carbons (Fsp3) is 0.500. The number of hydrogen-bond donors (Lipinski definition) is 2. The average Bonchev–Trinajstić information content (AvgIpc) is 3.16. The first kappa shape index (κ1) is 20.6. The Labute approximate surface area is 169 Å². The lowest BCUT2D eigenvalue weighted by Gasteiger charge is -2.28. The molecule has 0 bridgehead atoms. The van der Waals surface area contributed by atoms with Gasteiger partial charge in [-0.05, 0) is 39.7 Å². The molecular formula is C20H27N5O4. The molecule has 1 aromatic heterocycles. The number of methoxy groups -OCH3 is 1. The van der Waals surface area contributed by atoms with Crippen LogP contribution < -0.4 is 15.4 Å². The first-order chi connectivity index (χ1) is 13.7. The summed E-state index contributed by atoms with van der Waals surface area (Å²) >= 11 is 0. The molecule has 156 valence electrons. The number of benzene rings is 1. The maximum atomic E-state index is 13.0. The molecule has 2 N–H and O–H groups in total. The highest BCUT2D eigenvalue weighted by atomic mass is 16.6. The maximum absolute atomic E-state index is 13.0. The van der Waals surface area contributed by atoms with Crippen LogP contribution in [0.4, 0.5) is 16.3 Å². The van der Waals surface area contributed by atoms with Gasteiger partial charge < -0.3 is 20.1 Å². The number of ether oxygens (including phenoxy) is 2. The van der Waals surface area contributed by atoms with Crippen LogP contribution in [0.25, 0.3) is 10.9 Å². The lowest BCUT2D eigenvalue weighted by atomic mass is 10.1. The van der Waals surface area contributed by atoms with Crippen molar-refractivity contribution in [1.29, 1.82) is 0 Å². The Morgan fingerprint density at radius 3 is 2.66 bits per heavy atom. The van der Waals surface area contributed by atoms with E-state index in [1.165, 1.54) is 18.3 Å². The molecule has 29 heavy (non-hydrogen) atoms. The molecule has 1 saturated heterocycles. The van der Waals surface area contributed by atoms with E-state index in [1.807, 2.05) is 0 Å². The minimum Gasteiger partial charge on any atom is -0.494 e. The van der Waals surface area contributed by atoms with Crippen LogP contribution in [0.15, 0.2) is 18.5 Å². The van der Waals surface area contributed by atoms with Crippen LogP contribution in [0.5, 0.6) is 5.75 Å². The first-order valence-corrected chi connectivity index (χ1v) is 9.54. The molecule has 2 aromatic rings. The van der Waals surface area contributed by atoms with Crippen molar-refractivity contribution in [2.24, 2.45) is 0 Å². The second-order valence-electron chi connectivity index (χ2n) is 7.86. The molecule has 1 aliphatic heterocycles. The van der Waals surface area contributed by atoms with Crippen molar-refractivity contribution in [1.82, 2.24) is 14.9 Å². The Kier molecular flexibility index (Phi) is 5.76. The summed E-state index contributed by atoms with van der Waals surface area (Å²) in [7, 11) is 3.29. The summed E-state index contributed by atoms with van der Waals surface area (Å²) < 4.78 is 10.9. The second-order valence-corrected chi connectivity index (χ2v) is 7.86. The number of carbonyl (C=O) groups is 2. The molecular weight excluding hydrogens is 374 g/mol. The first-order valence-electron chi connectivity index (χ1n) is 9.54. The molecule has 9 heteroatoms. The Balaban J connectivity index is 1.86. The van der Waals surface area contributed by atoms with Crippen molar-refractivity contribution < 1.29 is 19.1 Å². The smallest absolute Gasteiger partial charge is 0.410 e. The van der Waals surface area contributed by atoms with E-state index in [-0.39, 0.29) is 5.91 Å². The number of carbonyl (C=O) groups excluding carboxylic acids is 2. The summed E-state index contributed by atoms with van der Waals surface area (Å²) in [5.74, 6) is 0.840. The van der Waals surface area contributed by atoms with Gasteiger partial charge in [0.15, 0.2) is 0 Å². The molecule has 9 nitrogen and oxygen atoms in total. The highest BCUT2D eigenvalue weighted by Crippen LogP contribution is 2.33. The number of aromatic nitrogens is 2. The van der Waals surface area contributed by atoms with Crippen LogP contribution in [0, 0.1) is 0 Å². The molecule has 2 heterocycles. The third kappa shape index (κ3) is 4.49. The van der Waals surface area contributed by atoms with Crippen LogP contribution in [-0.2, 0) is 9.53 Å². The third-order valence-electron chi connectivity index (χ3n) is 4.63. The zero-order chi connectivity index (χ0) is 21.2. The maximum Gasteiger partial charge on any atom is 0.410 e. The van der Waals surface area contributed by atoms with Crippen molar-refractivity contribution >= 4 is 34.4 Å². The van der Waals surface area contributed by atoms with E-state index < -0.39 is 17.7 Å². The average molecular weight is 401 g/mol. The van der Waals surface area contributed by atoms with Gasteiger partial charge in [-0.15, -0.1) is 0 Å². The quantitative estimate of drug-likeness (QED) is 0.811. The van der Waals surface area contributed by atoms with Crippen molar-refractivity contribution in [2.45, 2.75) is 45.3 Å². The monoisotopic (exact) mass is 401 g/mol. The Morgan fingerprint density at radius 1 is 1.24 bits per heavy atom. The minimum absolute atomic E-state index is 0.283. The highest BCUT2D eigenvalue weighted by molar-refractivity contribution is 6.01. The lowest BCUT2D eigenvalue weighted by molar-refractivity contribution is -0.120.